The van der Waals surface area contributed by atoms with E-state index in [4.69, 9.17) is 5.73 Å². The molecule has 0 aromatic heterocycles. The van der Waals surface area contributed by atoms with E-state index in [1.165, 1.54) is 43.6 Å². The number of hydrogen-bond donors (Lipinski definition) is 1. The zero-order valence-electron chi connectivity index (χ0n) is 11.8. The van der Waals surface area contributed by atoms with Gasteiger partial charge in [0.05, 0.1) is 0 Å². The SMILES string of the molecule is CCC1(C)CCN(c2ccc(CCN)cc2)CC1. The van der Waals surface area contributed by atoms with E-state index in [1.54, 1.807) is 0 Å². The summed E-state index contributed by atoms with van der Waals surface area (Å²) < 4.78 is 0. The summed E-state index contributed by atoms with van der Waals surface area (Å²) in [7, 11) is 0. The van der Waals surface area contributed by atoms with Crippen LogP contribution in [-0.2, 0) is 6.42 Å². The molecule has 0 atom stereocenters. The molecular weight excluding hydrogens is 220 g/mol. The van der Waals surface area contributed by atoms with Gasteiger partial charge in [-0.3, -0.25) is 0 Å². The topological polar surface area (TPSA) is 29.3 Å². The highest BCUT2D eigenvalue weighted by Gasteiger charge is 2.28. The van der Waals surface area contributed by atoms with E-state index in [-0.39, 0.29) is 0 Å². The van der Waals surface area contributed by atoms with Gasteiger partial charge in [0.15, 0.2) is 0 Å². The molecule has 0 unspecified atom stereocenters. The van der Waals surface area contributed by atoms with E-state index >= 15 is 0 Å². The van der Waals surface area contributed by atoms with Gasteiger partial charge in [-0.25, -0.2) is 0 Å². The van der Waals surface area contributed by atoms with Crippen molar-refractivity contribution < 1.29 is 0 Å². The quantitative estimate of drug-likeness (QED) is 0.884. The van der Waals surface area contributed by atoms with Gasteiger partial charge >= 0.3 is 0 Å². The molecule has 1 aliphatic heterocycles. The summed E-state index contributed by atoms with van der Waals surface area (Å²) in [4.78, 5) is 2.52. The second-order valence-corrected chi connectivity index (χ2v) is 5.86. The highest BCUT2D eigenvalue weighted by molar-refractivity contribution is 5.48. The Morgan fingerprint density at radius 2 is 1.78 bits per heavy atom. The van der Waals surface area contributed by atoms with Crippen LogP contribution in [0.4, 0.5) is 5.69 Å². The molecule has 2 heteroatoms. The van der Waals surface area contributed by atoms with E-state index in [0.717, 1.165) is 13.0 Å². The van der Waals surface area contributed by atoms with Crippen molar-refractivity contribution in [3.8, 4) is 0 Å². The fourth-order valence-electron chi connectivity index (χ4n) is 2.70. The molecule has 0 saturated carbocycles. The first kappa shape index (κ1) is 13.4. The molecule has 2 rings (SSSR count). The molecule has 18 heavy (non-hydrogen) atoms. The van der Waals surface area contributed by atoms with Crippen LogP contribution < -0.4 is 10.6 Å². The molecule has 2 N–H and O–H groups in total. The fourth-order valence-corrected chi connectivity index (χ4v) is 2.70. The van der Waals surface area contributed by atoms with Crippen LogP contribution in [0.25, 0.3) is 0 Å². The van der Waals surface area contributed by atoms with Gasteiger partial charge in [-0.2, -0.15) is 0 Å². The zero-order valence-corrected chi connectivity index (χ0v) is 11.8. The lowest BCUT2D eigenvalue weighted by Gasteiger charge is -2.40. The smallest absolute Gasteiger partial charge is 0.0366 e. The lowest BCUT2D eigenvalue weighted by Crippen LogP contribution is -2.38. The molecule has 1 aromatic rings. The maximum absolute atomic E-state index is 5.58. The van der Waals surface area contributed by atoms with Gasteiger partial charge in [-0.15, -0.1) is 0 Å². The van der Waals surface area contributed by atoms with Crippen molar-refractivity contribution in [3.63, 3.8) is 0 Å². The highest BCUT2D eigenvalue weighted by Crippen LogP contribution is 2.35. The molecule has 0 spiro atoms. The van der Waals surface area contributed by atoms with Gasteiger partial charge in [0.1, 0.15) is 0 Å². The van der Waals surface area contributed by atoms with Crippen molar-refractivity contribution in [3.05, 3.63) is 29.8 Å². The first-order chi connectivity index (χ1) is 8.67. The van der Waals surface area contributed by atoms with Crippen molar-refractivity contribution in [1.29, 1.82) is 0 Å². The van der Waals surface area contributed by atoms with Crippen molar-refractivity contribution in [2.24, 2.45) is 11.1 Å². The average Bonchev–Trinajstić information content (AvgIpc) is 2.41. The van der Waals surface area contributed by atoms with Crippen LogP contribution in [0.5, 0.6) is 0 Å². The zero-order chi connectivity index (χ0) is 13.0. The van der Waals surface area contributed by atoms with Crippen molar-refractivity contribution >= 4 is 5.69 Å². The first-order valence-electron chi connectivity index (χ1n) is 7.21. The number of nitrogens with zero attached hydrogens (tertiary/aromatic N) is 1. The molecule has 100 valence electrons. The van der Waals surface area contributed by atoms with Crippen LogP contribution >= 0.6 is 0 Å². The third-order valence-corrected chi connectivity index (χ3v) is 4.56. The summed E-state index contributed by atoms with van der Waals surface area (Å²) in [5.41, 5.74) is 8.86. The van der Waals surface area contributed by atoms with Crippen LogP contribution in [0, 0.1) is 5.41 Å². The van der Waals surface area contributed by atoms with Crippen LogP contribution in [0.1, 0.15) is 38.7 Å². The normalized spacial score (nSPS) is 18.9. The average molecular weight is 246 g/mol. The molecule has 0 radical (unpaired) electrons. The Kier molecular flexibility index (Phi) is 4.28. The van der Waals surface area contributed by atoms with Gasteiger partial charge in [0.2, 0.25) is 0 Å². The molecule has 0 amide bonds. The molecule has 1 aromatic carbocycles. The summed E-state index contributed by atoms with van der Waals surface area (Å²) in [5, 5.41) is 0. The van der Waals surface area contributed by atoms with E-state index < -0.39 is 0 Å². The van der Waals surface area contributed by atoms with Crippen LogP contribution in [0.15, 0.2) is 24.3 Å². The monoisotopic (exact) mass is 246 g/mol. The Bertz CT molecular complexity index is 361. The summed E-state index contributed by atoms with van der Waals surface area (Å²) in [6, 6.07) is 8.94. The molecule has 1 fully saturated rings. The fraction of sp³-hybridized carbons (Fsp3) is 0.625. The first-order valence-corrected chi connectivity index (χ1v) is 7.21. The number of benzene rings is 1. The van der Waals surface area contributed by atoms with Crippen molar-refractivity contribution in [2.45, 2.75) is 39.5 Å². The number of anilines is 1. The van der Waals surface area contributed by atoms with Crippen molar-refractivity contribution in [1.82, 2.24) is 0 Å². The molecule has 1 saturated heterocycles. The number of nitrogens with two attached hydrogens (primary N) is 1. The van der Waals surface area contributed by atoms with Gasteiger partial charge in [0.25, 0.3) is 0 Å². The van der Waals surface area contributed by atoms with Gasteiger partial charge in [-0.1, -0.05) is 32.4 Å². The third-order valence-electron chi connectivity index (χ3n) is 4.56. The number of hydrogen-bond acceptors (Lipinski definition) is 2. The molecule has 0 aliphatic carbocycles. The van der Waals surface area contributed by atoms with Crippen LogP contribution in [-0.4, -0.2) is 19.6 Å². The maximum atomic E-state index is 5.58. The Hall–Kier alpha value is -1.02. The largest absolute Gasteiger partial charge is 0.371 e. The van der Waals surface area contributed by atoms with E-state index in [1.807, 2.05) is 0 Å². The summed E-state index contributed by atoms with van der Waals surface area (Å²) >= 11 is 0. The Morgan fingerprint density at radius 3 is 2.28 bits per heavy atom. The van der Waals surface area contributed by atoms with Crippen LogP contribution in [0.2, 0.25) is 0 Å². The van der Waals surface area contributed by atoms with Crippen LogP contribution in [0.3, 0.4) is 0 Å². The Balaban J connectivity index is 1.97. The standard InChI is InChI=1S/C16H26N2/c1-3-16(2)9-12-18(13-10-16)15-6-4-14(5-7-15)8-11-17/h4-7H,3,8-13,17H2,1-2H3. The lowest BCUT2D eigenvalue weighted by molar-refractivity contribution is 0.238. The van der Waals surface area contributed by atoms with E-state index in [0.29, 0.717) is 5.41 Å². The second kappa shape index (κ2) is 5.75. The molecular formula is C16H26N2. The Morgan fingerprint density at radius 1 is 1.17 bits per heavy atom. The second-order valence-electron chi connectivity index (χ2n) is 5.86. The van der Waals surface area contributed by atoms with E-state index in [2.05, 4.69) is 43.0 Å². The minimum absolute atomic E-state index is 0.565. The molecule has 1 aliphatic rings. The summed E-state index contributed by atoms with van der Waals surface area (Å²) in [6.07, 6.45) is 4.91. The van der Waals surface area contributed by atoms with Gasteiger partial charge in [0, 0.05) is 18.8 Å². The molecule has 2 nitrogen and oxygen atoms in total. The van der Waals surface area contributed by atoms with Crippen molar-refractivity contribution in [2.75, 3.05) is 24.5 Å². The number of rotatable bonds is 4. The van der Waals surface area contributed by atoms with Gasteiger partial charge < -0.3 is 10.6 Å². The predicted molar refractivity (Wildman–Crippen MR) is 79.0 cm³/mol. The maximum Gasteiger partial charge on any atom is 0.0366 e. The predicted octanol–water partition coefficient (Wildman–Crippen LogP) is 3.20. The minimum Gasteiger partial charge on any atom is -0.371 e. The highest BCUT2D eigenvalue weighted by atomic mass is 15.1. The lowest BCUT2D eigenvalue weighted by atomic mass is 9.78. The van der Waals surface area contributed by atoms with Gasteiger partial charge in [-0.05, 0) is 48.9 Å². The molecule has 1 heterocycles. The summed E-state index contributed by atoms with van der Waals surface area (Å²) in [6.45, 7) is 7.87. The minimum atomic E-state index is 0.565. The third kappa shape index (κ3) is 3.05. The number of piperidine rings is 1. The Labute approximate surface area is 111 Å². The molecule has 0 bridgehead atoms. The van der Waals surface area contributed by atoms with E-state index in [9.17, 15) is 0 Å². The summed E-state index contributed by atoms with van der Waals surface area (Å²) in [5.74, 6) is 0.